The van der Waals surface area contributed by atoms with Gasteiger partial charge in [-0.3, -0.25) is 0 Å². The van der Waals surface area contributed by atoms with Crippen molar-refractivity contribution in [3.05, 3.63) is 41.7 Å². The number of benzene rings is 1. The van der Waals surface area contributed by atoms with Crippen LogP contribution < -0.4 is 10.6 Å². The first-order valence-corrected chi connectivity index (χ1v) is 5.12. The number of halogens is 4. The normalized spacial score (nSPS) is 10.4. The van der Waals surface area contributed by atoms with Crippen LogP contribution in [0.15, 0.2) is 18.5 Å². The van der Waals surface area contributed by atoms with Crippen LogP contribution in [0.4, 0.5) is 34.9 Å². The van der Waals surface area contributed by atoms with Crippen LogP contribution in [-0.4, -0.2) is 17.0 Å². The second-order valence-electron chi connectivity index (χ2n) is 3.51. The third-order valence-electron chi connectivity index (χ3n) is 2.29. The van der Waals surface area contributed by atoms with Gasteiger partial charge in [-0.05, 0) is 0 Å². The maximum absolute atomic E-state index is 13.4. The Labute approximate surface area is 105 Å². The van der Waals surface area contributed by atoms with Gasteiger partial charge in [0.2, 0.25) is 0 Å². The quantitative estimate of drug-likeness (QED) is 0.666. The van der Waals surface area contributed by atoms with Crippen molar-refractivity contribution >= 4 is 17.3 Å². The van der Waals surface area contributed by atoms with Gasteiger partial charge in [0.15, 0.2) is 23.3 Å². The maximum Gasteiger partial charge on any atom is 0.185 e. The maximum atomic E-state index is 13.4. The number of nitrogens with one attached hydrogen (secondary N) is 2. The van der Waals surface area contributed by atoms with Crippen molar-refractivity contribution in [3.63, 3.8) is 0 Å². The molecule has 0 saturated carbocycles. The average Bonchev–Trinajstić information content (AvgIpc) is 2.41. The van der Waals surface area contributed by atoms with Crippen molar-refractivity contribution in [1.29, 1.82) is 0 Å². The Morgan fingerprint density at radius 1 is 0.895 bits per heavy atom. The van der Waals surface area contributed by atoms with Gasteiger partial charge in [-0.25, -0.2) is 27.5 Å². The molecule has 2 rings (SSSR count). The predicted molar refractivity (Wildman–Crippen MR) is 61.1 cm³/mol. The first kappa shape index (κ1) is 13.1. The molecule has 0 bridgehead atoms. The van der Waals surface area contributed by atoms with E-state index in [1.54, 1.807) is 7.05 Å². The van der Waals surface area contributed by atoms with Crippen LogP contribution in [0, 0.1) is 23.3 Å². The number of aromatic nitrogens is 2. The van der Waals surface area contributed by atoms with Gasteiger partial charge in [0.25, 0.3) is 0 Å². The molecule has 8 heteroatoms. The molecule has 0 aliphatic carbocycles. The zero-order valence-electron chi connectivity index (χ0n) is 9.64. The number of hydrogen-bond acceptors (Lipinski definition) is 4. The minimum atomic E-state index is -1.52. The van der Waals surface area contributed by atoms with Gasteiger partial charge < -0.3 is 10.6 Å². The minimum Gasteiger partial charge on any atom is -0.373 e. The zero-order chi connectivity index (χ0) is 14.0. The standard InChI is InChI=1S/C11H8F4N4/c1-16-7-3-8(18-4-17-7)19-11-9(14)5(12)2-6(13)10(11)15/h2-4H,1H3,(H2,16,17,18,19). The van der Waals surface area contributed by atoms with E-state index in [-0.39, 0.29) is 11.9 Å². The van der Waals surface area contributed by atoms with Crippen LogP contribution >= 0.6 is 0 Å². The predicted octanol–water partition coefficient (Wildman–Crippen LogP) is 2.82. The summed E-state index contributed by atoms with van der Waals surface area (Å²) in [4.78, 5) is 7.47. The lowest BCUT2D eigenvalue weighted by Gasteiger charge is -2.09. The molecule has 0 aliphatic heterocycles. The highest BCUT2D eigenvalue weighted by atomic mass is 19.2. The Balaban J connectivity index is 2.43. The summed E-state index contributed by atoms with van der Waals surface area (Å²) >= 11 is 0. The molecule has 0 aliphatic rings. The lowest BCUT2D eigenvalue weighted by molar-refractivity contribution is 0.459. The highest BCUT2D eigenvalue weighted by Crippen LogP contribution is 2.26. The van der Waals surface area contributed by atoms with Crippen LogP contribution in [0.5, 0.6) is 0 Å². The number of hydrogen-bond donors (Lipinski definition) is 2. The van der Waals surface area contributed by atoms with Crippen molar-refractivity contribution < 1.29 is 17.6 Å². The molecule has 19 heavy (non-hydrogen) atoms. The second-order valence-corrected chi connectivity index (χ2v) is 3.51. The fraction of sp³-hybridized carbons (Fsp3) is 0.0909. The summed E-state index contributed by atoms with van der Waals surface area (Å²) in [6.07, 6.45) is 1.12. The van der Waals surface area contributed by atoms with E-state index in [2.05, 4.69) is 20.6 Å². The third-order valence-corrected chi connectivity index (χ3v) is 2.29. The summed E-state index contributed by atoms with van der Waals surface area (Å²) in [5.74, 6) is -5.68. The van der Waals surface area contributed by atoms with Gasteiger partial charge in [-0.1, -0.05) is 0 Å². The van der Waals surface area contributed by atoms with Gasteiger partial charge in [-0.15, -0.1) is 0 Å². The van der Waals surface area contributed by atoms with E-state index in [0.29, 0.717) is 5.82 Å². The van der Waals surface area contributed by atoms with E-state index < -0.39 is 29.0 Å². The van der Waals surface area contributed by atoms with Gasteiger partial charge in [-0.2, -0.15) is 0 Å². The summed E-state index contributed by atoms with van der Waals surface area (Å²) in [7, 11) is 1.58. The van der Waals surface area contributed by atoms with Crippen LogP contribution in [0.25, 0.3) is 0 Å². The smallest absolute Gasteiger partial charge is 0.185 e. The van der Waals surface area contributed by atoms with E-state index in [1.165, 1.54) is 6.07 Å². The van der Waals surface area contributed by atoms with Crippen molar-refractivity contribution in [2.75, 3.05) is 17.7 Å². The summed E-state index contributed by atoms with van der Waals surface area (Å²) in [6, 6.07) is 1.45. The molecular weight excluding hydrogens is 264 g/mol. The van der Waals surface area contributed by atoms with Crippen molar-refractivity contribution in [2.24, 2.45) is 0 Å². The molecule has 2 N–H and O–H groups in total. The Kier molecular flexibility index (Phi) is 3.50. The monoisotopic (exact) mass is 272 g/mol. The van der Waals surface area contributed by atoms with Crippen LogP contribution in [-0.2, 0) is 0 Å². The Bertz CT molecular complexity index is 592. The van der Waals surface area contributed by atoms with Crippen LogP contribution in [0.3, 0.4) is 0 Å². The molecule has 0 amide bonds. The molecule has 100 valence electrons. The summed E-state index contributed by atoms with van der Waals surface area (Å²) in [6.45, 7) is 0. The van der Waals surface area contributed by atoms with Gasteiger partial charge in [0.05, 0.1) is 0 Å². The number of nitrogens with zero attached hydrogens (tertiary/aromatic N) is 2. The van der Waals surface area contributed by atoms with E-state index >= 15 is 0 Å². The topological polar surface area (TPSA) is 49.8 Å². The van der Waals surface area contributed by atoms with E-state index in [9.17, 15) is 17.6 Å². The summed E-state index contributed by atoms with van der Waals surface area (Å²) in [5.41, 5.74) is -0.946. The van der Waals surface area contributed by atoms with Gasteiger partial charge in [0, 0.05) is 19.2 Å². The molecule has 4 nitrogen and oxygen atoms in total. The molecule has 0 spiro atoms. The molecule has 0 unspecified atom stereocenters. The lowest BCUT2D eigenvalue weighted by atomic mass is 10.2. The highest BCUT2D eigenvalue weighted by molar-refractivity contribution is 5.60. The van der Waals surface area contributed by atoms with Crippen LogP contribution in [0.1, 0.15) is 0 Å². The van der Waals surface area contributed by atoms with E-state index in [4.69, 9.17) is 0 Å². The highest BCUT2D eigenvalue weighted by Gasteiger charge is 2.19. The minimum absolute atomic E-state index is 0.0119. The molecule has 0 fully saturated rings. The average molecular weight is 272 g/mol. The lowest BCUT2D eigenvalue weighted by Crippen LogP contribution is -2.05. The van der Waals surface area contributed by atoms with Gasteiger partial charge in [0.1, 0.15) is 23.7 Å². The fourth-order valence-electron chi connectivity index (χ4n) is 1.37. The number of rotatable bonds is 3. The molecule has 1 aromatic carbocycles. The second kappa shape index (κ2) is 5.09. The first-order chi connectivity index (χ1) is 9.02. The first-order valence-electron chi connectivity index (χ1n) is 5.12. The third kappa shape index (κ3) is 2.56. The van der Waals surface area contributed by atoms with Crippen molar-refractivity contribution in [1.82, 2.24) is 9.97 Å². The van der Waals surface area contributed by atoms with E-state index in [1.807, 2.05) is 0 Å². The van der Waals surface area contributed by atoms with Crippen molar-refractivity contribution in [3.8, 4) is 0 Å². The molecule has 1 aromatic heterocycles. The fourth-order valence-corrected chi connectivity index (χ4v) is 1.37. The molecule has 0 radical (unpaired) electrons. The number of anilines is 3. The Hall–Kier alpha value is -2.38. The SMILES string of the molecule is CNc1cc(Nc2c(F)c(F)cc(F)c2F)ncn1. The molecule has 0 atom stereocenters. The van der Waals surface area contributed by atoms with Crippen LogP contribution in [0.2, 0.25) is 0 Å². The molecule has 2 aromatic rings. The molecular formula is C11H8F4N4. The zero-order valence-corrected chi connectivity index (χ0v) is 9.64. The van der Waals surface area contributed by atoms with E-state index in [0.717, 1.165) is 6.33 Å². The summed E-state index contributed by atoms with van der Waals surface area (Å²) < 4.78 is 52.8. The largest absolute Gasteiger partial charge is 0.373 e. The van der Waals surface area contributed by atoms with Crippen molar-refractivity contribution in [2.45, 2.75) is 0 Å². The molecule has 1 heterocycles. The van der Waals surface area contributed by atoms with Gasteiger partial charge >= 0.3 is 0 Å². The Morgan fingerprint density at radius 2 is 1.47 bits per heavy atom. The molecule has 0 saturated heterocycles. The summed E-state index contributed by atoms with van der Waals surface area (Å²) in [5, 5.41) is 4.85. The Morgan fingerprint density at radius 3 is 2.05 bits per heavy atom.